The summed E-state index contributed by atoms with van der Waals surface area (Å²) in [4.78, 5) is 47.9. The first-order chi connectivity index (χ1) is 9.47. The van der Waals surface area contributed by atoms with Crippen LogP contribution in [-0.4, -0.2) is 41.7 Å². The lowest BCUT2D eigenvalue weighted by molar-refractivity contribution is -0.146. The summed E-state index contributed by atoms with van der Waals surface area (Å²) in [6, 6.07) is 4.83. The molecule has 0 fully saturated rings. The van der Waals surface area contributed by atoms with Crippen LogP contribution in [0.15, 0.2) is 24.3 Å². The molecule has 0 aliphatic carbocycles. The van der Waals surface area contributed by atoms with Crippen LogP contribution in [0.2, 0.25) is 0 Å². The highest BCUT2D eigenvalue weighted by Crippen LogP contribution is 2.25. The van der Waals surface area contributed by atoms with Crippen LogP contribution in [0.25, 0.3) is 0 Å². The second kappa shape index (κ2) is 5.12. The summed E-state index contributed by atoms with van der Waals surface area (Å²) in [5.74, 6) is -2.94. The zero-order valence-corrected chi connectivity index (χ0v) is 10.7. The Balaban J connectivity index is 2.41. The van der Waals surface area contributed by atoms with Gasteiger partial charge in [0.1, 0.15) is 6.04 Å². The number of carbonyl (C=O) groups excluding carboxylic acids is 4. The highest BCUT2D eigenvalue weighted by Gasteiger charge is 2.43. The van der Waals surface area contributed by atoms with E-state index in [0.29, 0.717) is 0 Å². The number of hydrogen-bond donors (Lipinski definition) is 1. The van der Waals surface area contributed by atoms with E-state index in [1.54, 1.807) is 12.1 Å². The molecular formula is C13H12N2O5. The van der Waals surface area contributed by atoms with Crippen LogP contribution in [0.1, 0.15) is 27.1 Å². The summed E-state index contributed by atoms with van der Waals surface area (Å²) in [6.45, 7) is 0. The number of ether oxygens (including phenoxy) is 1. The molecule has 0 bridgehead atoms. The minimum Gasteiger partial charge on any atom is -0.467 e. The Morgan fingerprint density at radius 2 is 1.70 bits per heavy atom. The number of rotatable bonds is 4. The van der Waals surface area contributed by atoms with E-state index < -0.39 is 36.2 Å². The SMILES string of the molecule is COC(=O)C(CC(N)=O)N1C(=O)c2ccccc2C1=O. The van der Waals surface area contributed by atoms with Gasteiger partial charge in [-0.05, 0) is 12.1 Å². The van der Waals surface area contributed by atoms with Crippen molar-refractivity contribution in [2.45, 2.75) is 12.5 Å². The molecule has 1 aliphatic heterocycles. The van der Waals surface area contributed by atoms with Crippen molar-refractivity contribution in [1.82, 2.24) is 4.90 Å². The second-order valence-corrected chi connectivity index (χ2v) is 4.24. The molecule has 1 heterocycles. The monoisotopic (exact) mass is 276 g/mol. The maximum absolute atomic E-state index is 12.2. The third-order valence-electron chi connectivity index (χ3n) is 3.00. The Morgan fingerprint density at radius 1 is 1.20 bits per heavy atom. The first-order valence-electron chi connectivity index (χ1n) is 5.80. The lowest BCUT2D eigenvalue weighted by Crippen LogP contribution is -2.47. The number of nitrogens with two attached hydrogens (primary N) is 1. The molecule has 104 valence electrons. The summed E-state index contributed by atoms with van der Waals surface area (Å²) < 4.78 is 4.53. The number of imide groups is 1. The van der Waals surface area contributed by atoms with E-state index in [1.165, 1.54) is 12.1 Å². The van der Waals surface area contributed by atoms with Gasteiger partial charge in [-0.3, -0.25) is 19.3 Å². The maximum atomic E-state index is 12.2. The second-order valence-electron chi connectivity index (χ2n) is 4.24. The van der Waals surface area contributed by atoms with Gasteiger partial charge in [0.25, 0.3) is 11.8 Å². The number of esters is 1. The smallest absolute Gasteiger partial charge is 0.329 e. The lowest BCUT2D eigenvalue weighted by atomic mass is 10.1. The van der Waals surface area contributed by atoms with Crippen LogP contribution in [0, 0.1) is 0 Å². The molecule has 7 heteroatoms. The summed E-state index contributed by atoms with van der Waals surface area (Å²) in [6.07, 6.45) is -0.474. The number of primary amides is 1. The van der Waals surface area contributed by atoms with Crippen molar-refractivity contribution in [3.05, 3.63) is 35.4 Å². The largest absolute Gasteiger partial charge is 0.467 e. The number of carbonyl (C=O) groups is 4. The van der Waals surface area contributed by atoms with E-state index in [4.69, 9.17) is 5.73 Å². The molecule has 3 amide bonds. The molecule has 0 radical (unpaired) electrons. The van der Waals surface area contributed by atoms with Gasteiger partial charge in [-0.15, -0.1) is 0 Å². The van der Waals surface area contributed by atoms with Gasteiger partial charge in [0, 0.05) is 0 Å². The average Bonchev–Trinajstić information content (AvgIpc) is 2.68. The van der Waals surface area contributed by atoms with Crippen molar-refractivity contribution in [2.75, 3.05) is 7.11 Å². The zero-order valence-electron chi connectivity index (χ0n) is 10.7. The molecule has 1 unspecified atom stereocenters. The van der Waals surface area contributed by atoms with Gasteiger partial charge in [0.05, 0.1) is 24.7 Å². The van der Waals surface area contributed by atoms with E-state index in [9.17, 15) is 19.2 Å². The van der Waals surface area contributed by atoms with Gasteiger partial charge in [-0.1, -0.05) is 12.1 Å². The zero-order chi connectivity index (χ0) is 14.9. The molecule has 0 saturated heterocycles. The predicted octanol–water partition coefficient (Wildman–Crippen LogP) is -0.300. The van der Waals surface area contributed by atoms with E-state index in [-0.39, 0.29) is 11.1 Å². The fourth-order valence-corrected chi connectivity index (χ4v) is 2.10. The molecule has 2 rings (SSSR count). The van der Waals surface area contributed by atoms with E-state index in [1.807, 2.05) is 0 Å². The van der Waals surface area contributed by atoms with Crippen LogP contribution < -0.4 is 5.73 Å². The Hall–Kier alpha value is -2.70. The summed E-state index contributed by atoms with van der Waals surface area (Å²) in [5.41, 5.74) is 5.43. The first kappa shape index (κ1) is 13.7. The minimum atomic E-state index is -1.34. The Bertz CT molecular complexity index is 576. The van der Waals surface area contributed by atoms with Gasteiger partial charge in [-0.2, -0.15) is 0 Å². The van der Waals surface area contributed by atoms with Gasteiger partial charge >= 0.3 is 5.97 Å². The predicted molar refractivity (Wildman–Crippen MR) is 66.6 cm³/mol. The van der Waals surface area contributed by atoms with Crippen molar-refractivity contribution in [3.63, 3.8) is 0 Å². The summed E-state index contributed by atoms with van der Waals surface area (Å²) in [7, 11) is 1.11. The molecule has 1 aliphatic rings. The molecule has 2 N–H and O–H groups in total. The average molecular weight is 276 g/mol. The summed E-state index contributed by atoms with van der Waals surface area (Å²) in [5, 5.41) is 0. The van der Waals surface area contributed by atoms with Crippen molar-refractivity contribution < 1.29 is 23.9 Å². The van der Waals surface area contributed by atoms with Gasteiger partial charge in [-0.25, -0.2) is 4.79 Å². The standard InChI is InChI=1S/C13H12N2O5/c1-20-13(19)9(6-10(14)16)15-11(17)7-4-2-3-5-8(7)12(15)18/h2-5,9H,6H2,1H3,(H2,14,16). The number of amides is 3. The van der Waals surface area contributed by atoms with Crippen molar-refractivity contribution in [2.24, 2.45) is 5.73 Å². The number of fused-ring (bicyclic) bond motifs is 1. The number of benzene rings is 1. The lowest BCUT2D eigenvalue weighted by Gasteiger charge is -2.22. The Kier molecular flexibility index (Phi) is 3.51. The van der Waals surface area contributed by atoms with Crippen LogP contribution in [0.5, 0.6) is 0 Å². The normalized spacial score (nSPS) is 14.9. The van der Waals surface area contributed by atoms with Crippen molar-refractivity contribution in [1.29, 1.82) is 0 Å². The topological polar surface area (TPSA) is 107 Å². The molecule has 0 spiro atoms. The van der Waals surface area contributed by atoms with Crippen LogP contribution in [0.3, 0.4) is 0 Å². The minimum absolute atomic E-state index is 0.191. The number of methoxy groups -OCH3 is 1. The summed E-state index contributed by atoms with van der Waals surface area (Å²) >= 11 is 0. The van der Waals surface area contributed by atoms with Crippen LogP contribution >= 0.6 is 0 Å². The molecule has 7 nitrogen and oxygen atoms in total. The number of hydrogen-bond acceptors (Lipinski definition) is 5. The molecule has 0 saturated carbocycles. The fraction of sp³-hybridized carbons (Fsp3) is 0.231. The van der Waals surface area contributed by atoms with Crippen molar-refractivity contribution in [3.8, 4) is 0 Å². The molecular weight excluding hydrogens is 264 g/mol. The van der Waals surface area contributed by atoms with Gasteiger partial charge < -0.3 is 10.5 Å². The Morgan fingerprint density at radius 3 is 2.10 bits per heavy atom. The van der Waals surface area contributed by atoms with Crippen LogP contribution in [0.4, 0.5) is 0 Å². The molecule has 1 atom stereocenters. The highest BCUT2D eigenvalue weighted by atomic mass is 16.5. The van der Waals surface area contributed by atoms with E-state index in [0.717, 1.165) is 12.0 Å². The van der Waals surface area contributed by atoms with E-state index in [2.05, 4.69) is 4.74 Å². The quantitative estimate of drug-likeness (QED) is 0.600. The molecule has 1 aromatic rings. The molecule has 0 aromatic heterocycles. The fourth-order valence-electron chi connectivity index (χ4n) is 2.10. The van der Waals surface area contributed by atoms with Gasteiger partial charge in [0.2, 0.25) is 5.91 Å². The first-order valence-corrected chi connectivity index (χ1v) is 5.80. The third-order valence-corrected chi connectivity index (χ3v) is 3.00. The van der Waals surface area contributed by atoms with Crippen molar-refractivity contribution >= 4 is 23.7 Å². The Labute approximate surface area is 114 Å². The molecule has 20 heavy (non-hydrogen) atoms. The van der Waals surface area contributed by atoms with Gasteiger partial charge in [0.15, 0.2) is 0 Å². The maximum Gasteiger partial charge on any atom is 0.329 e. The van der Waals surface area contributed by atoms with E-state index >= 15 is 0 Å². The van der Waals surface area contributed by atoms with Crippen LogP contribution in [-0.2, 0) is 14.3 Å². The third kappa shape index (κ3) is 2.13. The highest BCUT2D eigenvalue weighted by molar-refractivity contribution is 6.22. The molecule has 1 aromatic carbocycles. The number of nitrogens with zero attached hydrogens (tertiary/aromatic N) is 1.